The molecule has 130 valence electrons. The van der Waals surface area contributed by atoms with Crippen LogP contribution in [-0.4, -0.2) is 20.7 Å². The molecule has 8 heteroatoms. The fourth-order valence-electron chi connectivity index (χ4n) is 3.15. The van der Waals surface area contributed by atoms with E-state index in [2.05, 4.69) is 9.88 Å². The van der Waals surface area contributed by atoms with Crippen LogP contribution in [0.1, 0.15) is 17.5 Å². The van der Waals surface area contributed by atoms with Crippen LogP contribution in [0.15, 0.2) is 39.8 Å². The fourth-order valence-corrected chi connectivity index (χ4v) is 4.61. The van der Waals surface area contributed by atoms with E-state index in [1.54, 1.807) is 30.3 Å². The van der Waals surface area contributed by atoms with Gasteiger partial charge in [-0.1, -0.05) is 22.8 Å². The van der Waals surface area contributed by atoms with E-state index >= 15 is 0 Å². The first kappa shape index (κ1) is 16.2. The number of aromatic nitrogens is 1. The van der Waals surface area contributed by atoms with Gasteiger partial charge in [-0.15, -0.1) is 0 Å². The van der Waals surface area contributed by atoms with Crippen LogP contribution in [0.25, 0.3) is 11.0 Å². The Morgan fingerprint density at radius 2 is 2.00 bits per heavy atom. The Labute approximate surface area is 149 Å². The molecule has 0 radical (unpaired) electrons. The average Bonchev–Trinajstić information content (AvgIpc) is 3.20. The molecule has 6 nitrogen and oxygen atoms in total. The Hall–Kier alpha value is -2.25. The third-order valence-electron chi connectivity index (χ3n) is 4.35. The van der Waals surface area contributed by atoms with E-state index in [0.717, 1.165) is 30.4 Å². The van der Waals surface area contributed by atoms with Crippen molar-refractivity contribution in [1.82, 2.24) is 5.16 Å². The summed E-state index contributed by atoms with van der Waals surface area (Å²) in [5.74, 6) is 0.371. The monoisotopic (exact) mass is 378 g/mol. The highest BCUT2D eigenvalue weighted by Crippen LogP contribution is 2.35. The van der Waals surface area contributed by atoms with Gasteiger partial charge in [0.2, 0.25) is 0 Å². The maximum atomic E-state index is 12.9. The molecule has 0 saturated carbocycles. The Bertz CT molecular complexity index is 1080. The second-order valence-corrected chi connectivity index (χ2v) is 7.93. The van der Waals surface area contributed by atoms with Crippen molar-refractivity contribution >= 4 is 38.4 Å². The highest BCUT2D eigenvalue weighted by Gasteiger charge is 2.26. The predicted octanol–water partition coefficient (Wildman–Crippen LogP) is 3.78. The Morgan fingerprint density at radius 3 is 2.76 bits per heavy atom. The predicted molar refractivity (Wildman–Crippen MR) is 94.8 cm³/mol. The molecule has 3 aromatic rings. The van der Waals surface area contributed by atoms with Gasteiger partial charge in [0.1, 0.15) is 10.6 Å². The van der Waals surface area contributed by atoms with Gasteiger partial charge >= 0.3 is 0 Å². The quantitative estimate of drug-likeness (QED) is 0.747. The number of hydrogen-bond donors (Lipinski definition) is 1. The average molecular weight is 379 g/mol. The Morgan fingerprint density at radius 1 is 1.24 bits per heavy atom. The van der Waals surface area contributed by atoms with Gasteiger partial charge in [0.25, 0.3) is 10.0 Å². The van der Waals surface area contributed by atoms with Crippen LogP contribution in [0.2, 0.25) is 5.02 Å². The van der Waals surface area contributed by atoms with Crippen molar-refractivity contribution in [2.24, 2.45) is 0 Å². The van der Waals surface area contributed by atoms with Crippen molar-refractivity contribution in [1.29, 1.82) is 0 Å². The van der Waals surface area contributed by atoms with E-state index in [9.17, 15) is 8.42 Å². The summed E-state index contributed by atoms with van der Waals surface area (Å²) in [6.07, 6.45) is 2.81. The number of anilines is 1. The third-order valence-corrected chi connectivity index (χ3v) is 6.02. The number of benzene rings is 2. The van der Waals surface area contributed by atoms with Crippen LogP contribution in [0.4, 0.5) is 5.82 Å². The molecule has 1 aliphatic rings. The lowest BCUT2D eigenvalue weighted by Crippen LogP contribution is -2.15. The first-order valence-electron chi connectivity index (χ1n) is 7.76. The summed E-state index contributed by atoms with van der Waals surface area (Å²) in [6, 6.07) is 8.49. The second kappa shape index (κ2) is 5.93. The third kappa shape index (κ3) is 2.73. The van der Waals surface area contributed by atoms with Gasteiger partial charge in [-0.2, -0.15) is 0 Å². The summed E-state index contributed by atoms with van der Waals surface area (Å²) < 4.78 is 38.8. The van der Waals surface area contributed by atoms with Gasteiger partial charge < -0.3 is 9.26 Å². The van der Waals surface area contributed by atoms with Crippen LogP contribution >= 0.6 is 11.6 Å². The second-order valence-electron chi connectivity index (χ2n) is 5.87. The smallest absolute Gasteiger partial charge is 0.266 e. The number of halogens is 1. The fraction of sp³-hybridized carbons (Fsp3) is 0.235. The number of rotatable bonds is 4. The summed E-state index contributed by atoms with van der Waals surface area (Å²) in [5.41, 5.74) is 2.57. The van der Waals surface area contributed by atoms with E-state index in [4.69, 9.17) is 20.9 Å². The zero-order valence-electron chi connectivity index (χ0n) is 13.4. The minimum absolute atomic E-state index is 0.0585. The molecule has 0 unspecified atom stereocenters. The van der Waals surface area contributed by atoms with E-state index in [1.165, 1.54) is 7.11 Å². The molecule has 0 bridgehead atoms. The van der Waals surface area contributed by atoms with Crippen LogP contribution in [-0.2, 0) is 22.9 Å². The molecule has 0 fully saturated rings. The van der Waals surface area contributed by atoms with Crippen LogP contribution in [0.3, 0.4) is 0 Å². The summed E-state index contributed by atoms with van der Waals surface area (Å²) >= 11 is 6.15. The normalized spacial score (nSPS) is 13.8. The van der Waals surface area contributed by atoms with Gasteiger partial charge in [-0.3, -0.25) is 4.72 Å². The van der Waals surface area contributed by atoms with Crippen molar-refractivity contribution in [3.63, 3.8) is 0 Å². The largest absolute Gasteiger partial charge is 0.495 e. The van der Waals surface area contributed by atoms with Gasteiger partial charge in [-0.05, 0) is 54.7 Å². The van der Waals surface area contributed by atoms with E-state index in [-0.39, 0.29) is 10.7 Å². The lowest BCUT2D eigenvalue weighted by molar-refractivity contribution is 0.402. The highest BCUT2D eigenvalue weighted by atomic mass is 35.5. The summed E-state index contributed by atoms with van der Waals surface area (Å²) in [7, 11) is -2.46. The van der Waals surface area contributed by atoms with Gasteiger partial charge in [0, 0.05) is 0 Å². The number of fused-ring (bicyclic) bond motifs is 2. The molecule has 0 amide bonds. The summed E-state index contributed by atoms with van der Waals surface area (Å²) in [4.78, 5) is 0.0823. The molecule has 25 heavy (non-hydrogen) atoms. The number of hydrogen-bond acceptors (Lipinski definition) is 5. The van der Waals surface area contributed by atoms with Gasteiger partial charge in [0.05, 0.1) is 17.5 Å². The number of nitrogens with zero attached hydrogens (tertiary/aromatic N) is 1. The molecule has 2 aromatic carbocycles. The zero-order valence-corrected chi connectivity index (χ0v) is 14.9. The Balaban J connectivity index is 1.80. The molecule has 1 aromatic heterocycles. The lowest BCUT2D eigenvalue weighted by atomic mass is 10.1. The molecule has 1 heterocycles. The number of methoxy groups -OCH3 is 1. The SMILES string of the molecule is COc1cc2c(cc1S(=O)(=O)Nc1noc3cccc(Cl)c13)CCC2. The lowest BCUT2D eigenvalue weighted by Gasteiger charge is -2.12. The van der Waals surface area contributed by atoms with Gasteiger partial charge in [0.15, 0.2) is 11.4 Å². The molecule has 1 aliphatic carbocycles. The summed E-state index contributed by atoms with van der Waals surface area (Å²) in [6.45, 7) is 0. The number of sulfonamides is 1. The number of nitrogens with one attached hydrogen (secondary N) is 1. The maximum absolute atomic E-state index is 12.9. The minimum Gasteiger partial charge on any atom is -0.495 e. The van der Waals surface area contributed by atoms with E-state index in [0.29, 0.717) is 21.7 Å². The van der Waals surface area contributed by atoms with Crippen molar-refractivity contribution < 1.29 is 17.7 Å². The molecular formula is C17H15ClN2O4S. The first-order valence-corrected chi connectivity index (χ1v) is 9.62. The molecule has 0 atom stereocenters. The Kier molecular flexibility index (Phi) is 3.85. The van der Waals surface area contributed by atoms with E-state index in [1.807, 2.05) is 0 Å². The molecule has 1 N–H and O–H groups in total. The van der Waals surface area contributed by atoms with Crippen LogP contribution in [0.5, 0.6) is 5.75 Å². The molecule has 0 saturated heterocycles. The van der Waals surface area contributed by atoms with Crippen molar-refractivity contribution in [3.05, 3.63) is 46.5 Å². The maximum Gasteiger partial charge on any atom is 0.266 e. The van der Waals surface area contributed by atoms with Crippen molar-refractivity contribution in [2.45, 2.75) is 24.2 Å². The van der Waals surface area contributed by atoms with Crippen molar-refractivity contribution in [3.8, 4) is 5.75 Å². The summed E-state index contributed by atoms with van der Waals surface area (Å²) in [5, 5.41) is 4.59. The topological polar surface area (TPSA) is 81.4 Å². The number of aryl methyl sites for hydroxylation is 2. The van der Waals surface area contributed by atoms with E-state index < -0.39 is 10.0 Å². The van der Waals surface area contributed by atoms with Crippen LogP contribution < -0.4 is 9.46 Å². The molecule has 0 spiro atoms. The molecule has 0 aliphatic heterocycles. The highest BCUT2D eigenvalue weighted by molar-refractivity contribution is 7.92. The number of ether oxygens (including phenoxy) is 1. The van der Waals surface area contributed by atoms with Gasteiger partial charge in [-0.25, -0.2) is 8.42 Å². The zero-order chi connectivity index (χ0) is 17.6. The molecular weight excluding hydrogens is 364 g/mol. The molecule has 4 rings (SSSR count). The van der Waals surface area contributed by atoms with Crippen molar-refractivity contribution in [2.75, 3.05) is 11.8 Å². The first-order chi connectivity index (χ1) is 12.0. The standard InChI is InChI=1S/C17H15ClN2O4S/c1-23-14-8-10-4-2-5-11(10)9-15(14)25(21,22)20-17-16-12(18)6-3-7-13(16)24-19-17/h3,6-9H,2,4-5H2,1H3,(H,19,20). The minimum atomic E-state index is -3.91. The van der Waals surface area contributed by atoms with Crippen LogP contribution in [0, 0.1) is 0 Å².